The quantitative estimate of drug-likeness (QED) is 0.926. The van der Waals surface area contributed by atoms with Crippen molar-refractivity contribution in [1.82, 2.24) is 14.9 Å². The SMILES string of the molecule is Cc1nc2ccccc2c(=O)n1CC(=O)NC1CCOC12CCCC2. The number of carbonyl (C=O) groups is 1. The third kappa shape index (κ3) is 2.84. The Kier molecular flexibility index (Phi) is 4.07. The van der Waals surface area contributed by atoms with Gasteiger partial charge in [0, 0.05) is 6.61 Å². The lowest BCUT2D eigenvalue weighted by atomic mass is 9.92. The summed E-state index contributed by atoms with van der Waals surface area (Å²) in [6.45, 7) is 2.45. The van der Waals surface area contributed by atoms with E-state index in [4.69, 9.17) is 4.74 Å². The number of hydrogen-bond donors (Lipinski definition) is 1. The first-order valence-corrected chi connectivity index (χ1v) is 8.99. The van der Waals surface area contributed by atoms with Gasteiger partial charge < -0.3 is 10.1 Å². The minimum atomic E-state index is -0.183. The van der Waals surface area contributed by atoms with Crippen LogP contribution in [0.15, 0.2) is 29.1 Å². The molecule has 1 aliphatic heterocycles. The van der Waals surface area contributed by atoms with Crippen LogP contribution < -0.4 is 10.9 Å². The molecule has 2 heterocycles. The molecule has 0 bridgehead atoms. The number of carbonyl (C=O) groups excluding carboxylic acids is 1. The number of nitrogens with zero attached hydrogens (tertiary/aromatic N) is 2. The molecule has 1 saturated carbocycles. The third-order valence-corrected chi connectivity index (χ3v) is 5.57. The van der Waals surface area contributed by atoms with Crippen LogP contribution in [0.2, 0.25) is 0 Å². The molecule has 1 amide bonds. The lowest BCUT2D eigenvalue weighted by Crippen LogP contribution is -2.49. The van der Waals surface area contributed by atoms with E-state index < -0.39 is 0 Å². The molecule has 1 spiro atoms. The number of aromatic nitrogens is 2. The molecule has 6 heteroatoms. The van der Waals surface area contributed by atoms with Crippen molar-refractivity contribution in [2.45, 2.75) is 57.2 Å². The molecule has 6 nitrogen and oxygen atoms in total. The summed E-state index contributed by atoms with van der Waals surface area (Å²) >= 11 is 0. The maximum Gasteiger partial charge on any atom is 0.261 e. The van der Waals surface area contributed by atoms with E-state index in [1.807, 2.05) is 18.2 Å². The number of rotatable bonds is 3. The van der Waals surface area contributed by atoms with Crippen molar-refractivity contribution < 1.29 is 9.53 Å². The van der Waals surface area contributed by atoms with Gasteiger partial charge in [-0.3, -0.25) is 14.2 Å². The first kappa shape index (κ1) is 16.3. The monoisotopic (exact) mass is 341 g/mol. The lowest BCUT2D eigenvalue weighted by molar-refractivity contribution is -0.124. The van der Waals surface area contributed by atoms with Gasteiger partial charge >= 0.3 is 0 Å². The number of ether oxygens (including phenoxy) is 1. The zero-order valence-electron chi connectivity index (χ0n) is 14.5. The molecule has 1 atom stereocenters. The predicted molar refractivity (Wildman–Crippen MR) is 94.4 cm³/mol. The van der Waals surface area contributed by atoms with Gasteiger partial charge in [0.1, 0.15) is 12.4 Å². The largest absolute Gasteiger partial charge is 0.373 e. The fourth-order valence-electron chi connectivity index (χ4n) is 4.26. The molecule has 1 N–H and O–H groups in total. The molecule has 4 rings (SSSR count). The van der Waals surface area contributed by atoms with Gasteiger partial charge in [0.25, 0.3) is 5.56 Å². The minimum Gasteiger partial charge on any atom is -0.373 e. The van der Waals surface area contributed by atoms with Crippen LogP contribution in [0, 0.1) is 6.92 Å². The van der Waals surface area contributed by atoms with Crippen LogP contribution in [0.5, 0.6) is 0 Å². The highest BCUT2D eigenvalue weighted by Gasteiger charge is 2.46. The summed E-state index contributed by atoms with van der Waals surface area (Å²) < 4.78 is 7.43. The summed E-state index contributed by atoms with van der Waals surface area (Å²) in [6, 6.07) is 7.27. The summed E-state index contributed by atoms with van der Waals surface area (Å²) in [7, 11) is 0. The van der Waals surface area contributed by atoms with Crippen LogP contribution in [0.4, 0.5) is 0 Å². The van der Waals surface area contributed by atoms with Crippen molar-refractivity contribution in [3.8, 4) is 0 Å². The Morgan fingerprint density at radius 2 is 2.12 bits per heavy atom. The molecule has 2 fully saturated rings. The van der Waals surface area contributed by atoms with Gasteiger partial charge in [-0.15, -0.1) is 0 Å². The first-order chi connectivity index (χ1) is 12.1. The van der Waals surface area contributed by atoms with Crippen LogP contribution in [-0.4, -0.2) is 33.7 Å². The molecule has 2 aromatic rings. The van der Waals surface area contributed by atoms with Gasteiger partial charge in [-0.05, 0) is 38.3 Å². The van der Waals surface area contributed by atoms with Crippen LogP contribution in [0.1, 0.15) is 37.9 Å². The molecule has 132 valence electrons. The van der Waals surface area contributed by atoms with Crippen LogP contribution in [0.25, 0.3) is 10.9 Å². The van der Waals surface area contributed by atoms with Crippen molar-refractivity contribution in [2.75, 3.05) is 6.61 Å². The number of benzene rings is 1. The van der Waals surface area contributed by atoms with E-state index in [0.29, 0.717) is 23.3 Å². The average Bonchev–Trinajstić information content (AvgIpc) is 3.22. The summed E-state index contributed by atoms with van der Waals surface area (Å²) in [5, 5.41) is 3.65. The molecular weight excluding hydrogens is 318 g/mol. The van der Waals surface area contributed by atoms with Crippen LogP contribution in [-0.2, 0) is 16.1 Å². The zero-order chi connectivity index (χ0) is 17.4. The van der Waals surface area contributed by atoms with Crippen molar-refractivity contribution in [1.29, 1.82) is 0 Å². The van der Waals surface area contributed by atoms with Gasteiger partial charge in [0.05, 0.1) is 22.5 Å². The predicted octanol–water partition coefficient (Wildman–Crippen LogP) is 1.92. The maximum absolute atomic E-state index is 12.7. The zero-order valence-corrected chi connectivity index (χ0v) is 14.5. The highest BCUT2D eigenvalue weighted by atomic mass is 16.5. The molecular formula is C19H23N3O3. The summed E-state index contributed by atoms with van der Waals surface area (Å²) in [5.74, 6) is 0.404. The Labute approximate surface area is 146 Å². The second-order valence-corrected chi connectivity index (χ2v) is 7.10. The molecule has 1 saturated heterocycles. The summed E-state index contributed by atoms with van der Waals surface area (Å²) in [6.07, 6.45) is 5.16. The molecule has 25 heavy (non-hydrogen) atoms. The van der Waals surface area contributed by atoms with E-state index in [2.05, 4.69) is 10.3 Å². The van der Waals surface area contributed by atoms with Crippen molar-refractivity contribution in [3.63, 3.8) is 0 Å². The standard InChI is InChI=1S/C19H23N3O3/c1-13-20-15-7-3-2-6-14(15)18(24)22(13)12-17(23)21-16-8-11-25-19(16)9-4-5-10-19/h2-3,6-7,16H,4-5,8-12H2,1H3,(H,21,23). The van der Waals surface area contributed by atoms with Gasteiger partial charge in [0.2, 0.25) is 5.91 Å². The van der Waals surface area contributed by atoms with Crippen LogP contribution in [0.3, 0.4) is 0 Å². The van der Waals surface area contributed by atoms with E-state index in [1.54, 1.807) is 13.0 Å². The number of para-hydroxylation sites is 1. The fraction of sp³-hybridized carbons (Fsp3) is 0.526. The normalized spacial score (nSPS) is 21.9. The van der Waals surface area contributed by atoms with Crippen molar-refractivity contribution in [2.24, 2.45) is 0 Å². The fourth-order valence-corrected chi connectivity index (χ4v) is 4.26. The summed E-state index contributed by atoms with van der Waals surface area (Å²) in [4.78, 5) is 29.7. The van der Waals surface area contributed by atoms with Gasteiger partial charge in [-0.2, -0.15) is 0 Å². The Morgan fingerprint density at radius 3 is 2.92 bits per heavy atom. The molecule has 1 aromatic heterocycles. The number of hydrogen-bond acceptors (Lipinski definition) is 4. The highest BCUT2D eigenvalue weighted by Crippen LogP contribution is 2.41. The smallest absolute Gasteiger partial charge is 0.261 e. The molecule has 0 radical (unpaired) electrons. The van der Waals surface area contributed by atoms with Crippen LogP contribution >= 0.6 is 0 Å². The van der Waals surface area contributed by atoms with E-state index in [0.717, 1.165) is 32.1 Å². The maximum atomic E-state index is 12.7. The topological polar surface area (TPSA) is 73.2 Å². The molecule has 1 aromatic carbocycles. The number of nitrogens with one attached hydrogen (secondary N) is 1. The Bertz CT molecular complexity index is 862. The second kappa shape index (κ2) is 6.26. The van der Waals surface area contributed by atoms with Gasteiger partial charge in [-0.1, -0.05) is 25.0 Å². The summed E-state index contributed by atoms with van der Waals surface area (Å²) in [5.41, 5.74) is 0.310. The number of aryl methyl sites for hydroxylation is 1. The Morgan fingerprint density at radius 1 is 1.36 bits per heavy atom. The lowest BCUT2D eigenvalue weighted by Gasteiger charge is -2.30. The minimum absolute atomic E-state index is 0.00488. The number of amides is 1. The second-order valence-electron chi connectivity index (χ2n) is 7.10. The highest BCUT2D eigenvalue weighted by molar-refractivity contribution is 5.79. The van der Waals surface area contributed by atoms with Gasteiger partial charge in [0.15, 0.2) is 0 Å². The Hall–Kier alpha value is -2.21. The molecule has 1 unspecified atom stereocenters. The first-order valence-electron chi connectivity index (χ1n) is 8.99. The average molecular weight is 341 g/mol. The molecule has 1 aliphatic carbocycles. The Balaban J connectivity index is 1.55. The van der Waals surface area contributed by atoms with E-state index in [1.165, 1.54) is 4.57 Å². The van der Waals surface area contributed by atoms with Crippen molar-refractivity contribution in [3.05, 3.63) is 40.4 Å². The van der Waals surface area contributed by atoms with E-state index >= 15 is 0 Å². The third-order valence-electron chi connectivity index (χ3n) is 5.57. The van der Waals surface area contributed by atoms with Gasteiger partial charge in [-0.25, -0.2) is 4.98 Å². The van der Waals surface area contributed by atoms with E-state index in [9.17, 15) is 9.59 Å². The number of fused-ring (bicyclic) bond motifs is 1. The van der Waals surface area contributed by atoms with Crippen molar-refractivity contribution >= 4 is 16.8 Å². The molecule has 2 aliphatic rings. The van der Waals surface area contributed by atoms with E-state index in [-0.39, 0.29) is 29.7 Å².